The third kappa shape index (κ3) is 7.65. The molecule has 2 atom stereocenters. The molecule has 3 N–H and O–H groups in total. The van der Waals surface area contributed by atoms with Crippen LogP contribution >= 0.6 is 11.8 Å². The predicted octanol–water partition coefficient (Wildman–Crippen LogP) is 3.19. The summed E-state index contributed by atoms with van der Waals surface area (Å²) in [5.41, 5.74) is 0.252. The van der Waals surface area contributed by atoms with E-state index in [4.69, 9.17) is 0 Å². The molecule has 0 radical (unpaired) electrons. The summed E-state index contributed by atoms with van der Waals surface area (Å²) >= 11 is 1.06. The van der Waals surface area contributed by atoms with Crippen molar-refractivity contribution in [3.05, 3.63) is 35.4 Å². The number of aromatic nitrogens is 3. The van der Waals surface area contributed by atoms with Crippen molar-refractivity contribution in [2.75, 3.05) is 22.9 Å². The fraction of sp³-hybridized carbons (Fsp3) is 0.500. The van der Waals surface area contributed by atoms with E-state index in [1.165, 1.54) is 6.07 Å². The molecule has 0 spiro atoms. The van der Waals surface area contributed by atoms with Crippen molar-refractivity contribution in [1.29, 1.82) is 0 Å². The molecule has 0 aliphatic carbocycles. The zero-order valence-corrected chi connectivity index (χ0v) is 18.7. The van der Waals surface area contributed by atoms with Gasteiger partial charge in [-0.25, -0.2) is 17.2 Å². The van der Waals surface area contributed by atoms with Gasteiger partial charge in [-0.2, -0.15) is 15.0 Å². The van der Waals surface area contributed by atoms with Gasteiger partial charge in [-0.15, -0.1) is 0 Å². The molecule has 2 rings (SSSR count). The van der Waals surface area contributed by atoms with E-state index in [2.05, 4.69) is 25.0 Å². The molecule has 1 aromatic carbocycles. The summed E-state index contributed by atoms with van der Waals surface area (Å²) in [6.45, 7) is 5.51. The van der Waals surface area contributed by atoms with Gasteiger partial charge in [0.15, 0.2) is 5.16 Å². The molecule has 8 nitrogen and oxygen atoms in total. The van der Waals surface area contributed by atoms with E-state index >= 15 is 0 Å². The Morgan fingerprint density at radius 3 is 2.37 bits per heavy atom. The molecule has 30 heavy (non-hydrogen) atoms. The zero-order chi connectivity index (χ0) is 22.5. The molecule has 0 saturated heterocycles. The monoisotopic (exact) mass is 461 g/mol. The molecule has 1 heterocycles. The fourth-order valence-corrected chi connectivity index (χ4v) is 4.00. The number of hydrogen-bond acceptors (Lipinski definition) is 8. The number of rotatable bonds is 10. The highest BCUT2D eigenvalue weighted by Gasteiger charge is 2.19. The Kier molecular flexibility index (Phi) is 8.33. The van der Waals surface area contributed by atoms with Gasteiger partial charge in [-0.3, -0.25) is 4.72 Å². The molecule has 12 heteroatoms. The normalized spacial score (nSPS) is 13.9. The lowest BCUT2D eigenvalue weighted by Gasteiger charge is -2.19. The highest BCUT2D eigenvalue weighted by Crippen LogP contribution is 2.35. The number of thioether (sulfide) groups is 1. The van der Waals surface area contributed by atoms with Crippen molar-refractivity contribution in [2.45, 2.75) is 43.6 Å². The number of anilines is 2. The maximum absolute atomic E-state index is 14.1. The van der Waals surface area contributed by atoms with Crippen LogP contribution in [0, 0.1) is 17.6 Å². The molecular formula is C18H25F2N5O3S2. The first-order chi connectivity index (χ1) is 14.0. The summed E-state index contributed by atoms with van der Waals surface area (Å²) in [6.07, 6.45) is 1.60. The zero-order valence-electron chi connectivity index (χ0n) is 17.1. The van der Waals surface area contributed by atoms with Gasteiger partial charge >= 0.3 is 0 Å². The number of sulfonamides is 1. The summed E-state index contributed by atoms with van der Waals surface area (Å²) in [6, 6.07) is 2.94. The minimum Gasteiger partial charge on any atom is -0.394 e. The highest BCUT2D eigenvalue weighted by molar-refractivity contribution is 7.99. The van der Waals surface area contributed by atoms with Gasteiger partial charge in [0.2, 0.25) is 21.9 Å². The van der Waals surface area contributed by atoms with Crippen LogP contribution in [0.3, 0.4) is 0 Å². The third-order valence-corrected chi connectivity index (χ3v) is 5.44. The maximum Gasteiger partial charge on any atom is 0.242 e. The maximum atomic E-state index is 14.1. The Bertz CT molecular complexity index is 976. The molecule has 2 aromatic rings. The van der Waals surface area contributed by atoms with E-state index in [1.54, 1.807) is 6.92 Å². The Morgan fingerprint density at radius 1 is 1.13 bits per heavy atom. The molecule has 0 aliphatic heterocycles. The first-order valence-electron chi connectivity index (χ1n) is 9.19. The van der Waals surface area contributed by atoms with Crippen LogP contribution in [0.15, 0.2) is 23.4 Å². The van der Waals surface area contributed by atoms with Crippen LogP contribution < -0.4 is 10.0 Å². The molecular weight excluding hydrogens is 436 g/mol. The van der Waals surface area contributed by atoms with E-state index in [0.717, 1.165) is 30.2 Å². The van der Waals surface area contributed by atoms with Gasteiger partial charge in [0, 0.05) is 16.9 Å². The number of hydrogen-bond donors (Lipinski definition) is 3. The molecule has 0 aliphatic rings. The van der Waals surface area contributed by atoms with Crippen molar-refractivity contribution < 1.29 is 22.3 Å². The Hall–Kier alpha value is -2.05. The van der Waals surface area contributed by atoms with Crippen LogP contribution in [0.25, 0.3) is 0 Å². The average Bonchev–Trinajstić information content (AvgIpc) is 2.58. The van der Waals surface area contributed by atoms with Crippen molar-refractivity contribution in [3.63, 3.8) is 0 Å². The fourth-order valence-electron chi connectivity index (χ4n) is 2.67. The minimum atomic E-state index is -3.65. The van der Waals surface area contributed by atoms with Gasteiger partial charge in [-0.1, -0.05) is 31.7 Å². The number of halogens is 2. The summed E-state index contributed by atoms with van der Waals surface area (Å²) in [4.78, 5) is 12.4. The standard InChI is InChI=1S/C18H25F2N5O3S2/c1-10(2)7-13(9-26)21-16-22-17(25-30(4,27)28)24-18(23-16)29-11(3)14-6-5-12(19)8-15(14)20/h5-6,8,10-11,13,26H,7,9H2,1-4H3,(H2,21,22,23,24,25)/t11-,13+/m0/s1. The molecule has 166 valence electrons. The quantitative estimate of drug-likeness (QED) is 0.462. The van der Waals surface area contributed by atoms with E-state index < -0.39 is 26.9 Å². The van der Waals surface area contributed by atoms with Crippen molar-refractivity contribution in [2.24, 2.45) is 5.92 Å². The number of benzene rings is 1. The molecule has 1 aromatic heterocycles. The third-order valence-electron chi connectivity index (χ3n) is 3.88. The van der Waals surface area contributed by atoms with E-state index in [9.17, 15) is 22.3 Å². The average molecular weight is 462 g/mol. The molecule has 0 saturated carbocycles. The van der Waals surface area contributed by atoms with Crippen LogP contribution in [-0.4, -0.2) is 47.4 Å². The van der Waals surface area contributed by atoms with E-state index in [0.29, 0.717) is 12.3 Å². The number of aliphatic hydroxyl groups excluding tert-OH is 1. The van der Waals surface area contributed by atoms with Crippen LogP contribution in [0.1, 0.15) is 38.0 Å². The lowest BCUT2D eigenvalue weighted by atomic mass is 10.0. The second kappa shape index (κ2) is 10.3. The second-order valence-corrected chi connectivity index (χ2v) is 10.3. The van der Waals surface area contributed by atoms with Crippen molar-refractivity contribution in [3.8, 4) is 0 Å². The number of nitrogens with one attached hydrogen (secondary N) is 2. The van der Waals surface area contributed by atoms with Crippen molar-refractivity contribution in [1.82, 2.24) is 15.0 Å². The van der Waals surface area contributed by atoms with Crippen LogP contribution in [-0.2, 0) is 10.0 Å². The Balaban J connectivity index is 2.33. The Labute approximate surface area is 179 Å². The SMILES string of the molecule is CC(C)C[C@H](CO)Nc1nc(NS(C)(=O)=O)nc(S[C@@H](C)c2ccc(F)cc2F)n1. The lowest BCUT2D eigenvalue weighted by molar-refractivity contribution is 0.259. The summed E-state index contributed by atoms with van der Waals surface area (Å²) in [5, 5.41) is 12.2. The molecule has 0 fully saturated rings. The molecule has 0 unspecified atom stereocenters. The van der Waals surface area contributed by atoms with Gasteiger partial charge in [0.25, 0.3) is 0 Å². The van der Waals surface area contributed by atoms with Gasteiger partial charge in [-0.05, 0) is 25.3 Å². The highest BCUT2D eigenvalue weighted by atomic mass is 32.2. The molecule has 0 bridgehead atoms. The Morgan fingerprint density at radius 2 is 1.80 bits per heavy atom. The summed E-state index contributed by atoms with van der Waals surface area (Å²) < 4.78 is 52.7. The number of aliphatic hydroxyl groups is 1. The van der Waals surface area contributed by atoms with Crippen LogP contribution in [0.5, 0.6) is 0 Å². The topological polar surface area (TPSA) is 117 Å². The smallest absolute Gasteiger partial charge is 0.242 e. The van der Waals surface area contributed by atoms with Crippen LogP contribution in [0.2, 0.25) is 0 Å². The van der Waals surface area contributed by atoms with E-state index in [-0.39, 0.29) is 35.3 Å². The summed E-state index contributed by atoms with van der Waals surface area (Å²) in [7, 11) is -3.65. The number of nitrogens with zero attached hydrogens (tertiary/aromatic N) is 3. The van der Waals surface area contributed by atoms with Crippen LogP contribution in [0.4, 0.5) is 20.7 Å². The predicted molar refractivity (Wildman–Crippen MR) is 113 cm³/mol. The molecule has 0 amide bonds. The van der Waals surface area contributed by atoms with Gasteiger partial charge < -0.3 is 10.4 Å². The largest absolute Gasteiger partial charge is 0.394 e. The van der Waals surface area contributed by atoms with Gasteiger partial charge in [0.1, 0.15) is 11.6 Å². The lowest BCUT2D eigenvalue weighted by Crippen LogP contribution is -2.27. The van der Waals surface area contributed by atoms with Crippen molar-refractivity contribution >= 4 is 33.7 Å². The first kappa shape index (κ1) is 24.2. The minimum absolute atomic E-state index is 0.0742. The summed E-state index contributed by atoms with van der Waals surface area (Å²) in [5.74, 6) is -1.22. The first-order valence-corrected chi connectivity index (χ1v) is 12.0. The van der Waals surface area contributed by atoms with E-state index in [1.807, 2.05) is 13.8 Å². The van der Waals surface area contributed by atoms with Gasteiger partial charge in [0.05, 0.1) is 18.9 Å². The second-order valence-electron chi connectivity index (χ2n) is 7.22.